The van der Waals surface area contributed by atoms with Crippen LogP contribution in [0.3, 0.4) is 0 Å². The average molecular weight is 274 g/mol. The van der Waals surface area contributed by atoms with Crippen molar-refractivity contribution >= 4 is 0 Å². The van der Waals surface area contributed by atoms with E-state index in [1.54, 1.807) is 6.07 Å². The maximum Gasteiger partial charge on any atom is 0.231 e. The molecule has 0 bridgehead atoms. The van der Waals surface area contributed by atoms with E-state index in [1.165, 1.54) is 0 Å². The second-order valence-electron chi connectivity index (χ2n) is 5.32. The molecule has 1 unspecified atom stereocenters. The largest absolute Gasteiger partial charge is 0.506 e. The first-order valence-electron chi connectivity index (χ1n) is 6.80. The van der Waals surface area contributed by atoms with Gasteiger partial charge in [0.15, 0.2) is 5.82 Å². The molecule has 0 aliphatic carbocycles. The van der Waals surface area contributed by atoms with Crippen LogP contribution in [0.1, 0.15) is 35.4 Å². The van der Waals surface area contributed by atoms with Crippen molar-refractivity contribution in [1.29, 1.82) is 0 Å². The molecular formula is C14H18N4O2. The zero-order chi connectivity index (χ0) is 14.1. The molecule has 1 fully saturated rings. The first-order valence-corrected chi connectivity index (χ1v) is 6.80. The van der Waals surface area contributed by atoms with Crippen LogP contribution in [0.15, 0.2) is 16.7 Å². The van der Waals surface area contributed by atoms with Crippen molar-refractivity contribution in [2.45, 2.75) is 32.7 Å². The van der Waals surface area contributed by atoms with Crippen molar-refractivity contribution in [3.8, 4) is 5.75 Å². The van der Waals surface area contributed by atoms with Gasteiger partial charge in [-0.2, -0.15) is 4.98 Å². The van der Waals surface area contributed by atoms with Gasteiger partial charge in [-0.05, 0) is 38.9 Å². The highest BCUT2D eigenvalue weighted by molar-refractivity contribution is 5.27. The molecule has 3 heterocycles. The molecule has 0 spiro atoms. The number of likely N-dealkylation sites (tertiary alicyclic amines) is 1. The molecule has 6 nitrogen and oxygen atoms in total. The van der Waals surface area contributed by atoms with E-state index in [9.17, 15) is 5.11 Å². The highest BCUT2D eigenvalue weighted by Gasteiger charge is 2.28. The topological polar surface area (TPSA) is 75.3 Å². The minimum absolute atomic E-state index is 0.257. The number of hydrogen-bond donors (Lipinski definition) is 1. The number of pyridine rings is 1. The maximum absolute atomic E-state index is 9.85. The first kappa shape index (κ1) is 13.1. The Hall–Kier alpha value is -1.95. The smallest absolute Gasteiger partial charge is 0.231 e. The fourth-order valence-corrected chi connectivity index (χ4v) is 2.59. The summed E-state index contributed by atoms with van der Waals surface area (Å²) in [6, 6.07) is 3.51. The van der Waals surface area contributed by atoms with Crippen LogP contribution in [-0.4, -0.2) is 38.2 Å². The summed E-state index contributed by atoms with van der Waals surface area (Å²) in [5, 5.41) is 13.7. The summed E-state index contributed by atoms with van der Waals surface area (Å²) in [6.45, 7) is 6.21. The second kappa shape index (κ2) is 5.20. The van der Waals surface area contributed by atoms with Gasteiger partial charge in [0, 0.05) is 18.8 Å². The Kier molecular flexibility index (Phi) is 3.40. The van der Waals surface area contributed by atoms with E-state index >= 15 is 0 Å². The van der Waals surface area contributed by atoms with Crippen molar-refractivity contribution in [3.63, 3.8) is 0 Å². The molecule has 0 amide bonds. The van der Waals surface area contributed by atoms with Gasteiger partial charge in [-0.25, -0.2) is 0 Å². The van der Waals surface area contributed by atoms with Crippen LogP contribution in [0.5, 0.6) is 5.75 Å². The standard InChI is InChI=1S/C14H18N4O2/c1-9-3-4-13(19)12(15-9)8-18-6-5-11(7-18)14-16-10(2)17-20-14/h3-4,11,19H,5-8H2,1-2H3. The summed E-state index contributed by atoms with van der Waals surface area (Å²) in [5.74, 6) is 1.93. The lowest BCUT2D eigenvalue weighted by Gasteiger charge is -2.15. The normalized spacial score (nSPS) is 19.6. The van der Waals surface area contributed by atoms with E-state index in [0.29, 0.717) is 18.3 Å². The molecular weight excluding hydrogens is 256 g/mol. The Morgan fingerprint density at radius 1 is 1.35 bits per heavy atom. The van der Waals surface area contributed by atoms with E-state index < -0.39 is 0 Å². The second-order valence-corrected chi connectivity index (χ2v) is 5.32. The van der Waals surface area contributed by atoms with Gasteiger partial charge in [0.2, 0.25) is 5.89 Å². The lowest BCUT2D eigenvalue weighted by atomic mass is 10.1. The van der Waals surface area contributed by atoms with E-state index in [0.717, 1.165) is 30.9 Å². The van der Waals surface area contributed by atoms with Gasteiger partial charge >= 0.3 is 0 Å². The van der Waals surface area contributed by atoms with Crippen molar-refractivity contribution in [2.24, 2.45) is 0 Å². The van der Waals surface area contributed by atoms with Gasteiger partial charge in [0.25, 0.3) is 0 Å². The van der Waals surface area contributed by atoms with Crippen molar-refractivity contribution in [2.75, 3.05) is 13.1 Å². The van der Waals surface area contributed by atoms with Gasteiger partial charge in [-0.15, -0.1) is 0 Å². The molecule has 1 aliphatic rings. The average Bonchev–Trinajstić information content (AvgIpc) is 3.03. The zero-order valence-electron chi connectivity index (χ0n) is 11.7. The van der Waals surface area contributed by atoms with Crippen LogP contribution >= 0.6 is 0 Å². The van der Waals surface area contributed by atoms with Crippen LogP contribution in [0, 0.1) is 13.8 Å². The minimum Gasteiger partial charge on any atom is -0.506 e. The molecule has 2 aromatic rings. The molecule has 1 atom stereocenters. The molecule has 3 rings (SSSR count). The Labute approximate surface area is 117 Å². The number of nitrogens with zero attached hydrogens (tertiary/aromatic N) is 4. The molecule has 0 radical (unpaired) electrons. The van der Waals surface area contributed by atoms with Crippen LogP contribution in [0.4, 0.5) is 0 Å². The minimum atomic E-state index is 0.257. The van der Waals surface area contributed by atoms with E-state index in [4.69, 9.17) is 4.52 Å². The fraction of sp³-hybridized carbons (Fsp3) is 0.500. The van der Waals surface area contributed by atoms with Crippen LogP contribution in [0.25, 0.3) is 0 Å². The van der Waals surface area contributed by atoms with Crippen LogP contribution < -0.4 is 0 Å². The Morgan fingerprint density at radius 2 is 2.20 bits per heavy atom. The van der Waals surface area contributed by atoms with E-state index in [2.05, 4.69) is 20.0 Å². The summed E-state index contributed by atoms with van der Waals surface area (Å²) in [6.07, 6.45) is 0.994. The van der Waals surface area contributed by atoms with E-state index in [-0.39, 0.29) is 11.7 Å². The highest BCUT2D eigenvalue weighted by atomic mass is 16.5. The lowest BCUT2D eigenvalue weighted by molar-refractivity contribution is 0.300. The number of aromatic nitrogens is 3. The Bertz CT molecular complexity index is 611. The summed E-state index contributed by atoms with van der Waals surface area (Å²) >= 11 is 0. The fourth-order valence-electron chi connectivity index (χ4n) is 2.59. The number of hydrogen-bond acceptors (Lipinski definition) is 6. The maximum atomic E-state index is 9.85. The molecule has 0 aromatic carbocycles. The molecule has 1 aliphatic heterocycles. The van der Waals surface area contributed by atoms with Crippen molar-refractivity contribution < 1.29 is 9.63 Å². The lowest BCUT2D eigenvalue weighted by Crippen LogP contribution is -2.20. The van der Waals surface area contributed by atoms with Crippen molar-refractivity contribution in [3.05, 3.63) is 35.2 Å². The van der Waals surface area contributed by atoms with Crippen LogP contribution in [-0.2, 0) is 6.54 Å². The Balaban J connectivity index is 1.67. The Morgan fingerprint density at radius 3 is 2.95 bits per heavy atom. The quantitative estimate of drug-likeness (QED) is 0.919. The number of aryl methyl sites for hydroxylation is 2. The summed E-state index contributed by atoms with van der Waals surface area (Å²) in [4.78, 5) is 10.9. The van der Waals surface area contributed by atoms with Gasteiger partial charge in [-0.1, -0.05) is 5.16 Å². The summed E-state index contributed by atoms with van der Waals surface area (Å²) in [7, 11) is 0. The summed E-state index contributed by atoms with van der Waals surface area (Å²) < 4.78 is 5.24. The molecule has 6 heteroatoms. The van der Waals surface area contributed by atoms with Gasteiger partial charge < -0.3 is 9.63 Å². The number of aromatic hydroxyl groups is 1. The van der Waals surface area contributed by atoms with Crippen molar-refractivity contribution in [1.82, 2.24) is 20.0 Å². The molecule has 2 aromatic heterocycles. The van der Waals surface area contributed by atoms with Gasteiger partial charge in [0.05, 0.1) is 11.6 Å². The molecule has 20 heavy (non-hydrogen) atoms. The predicted molar refractivity (Wildman–Crippen MR) is 72.3 cm³/mol. The SMILES string of the molecule is Cc1ccc(O)c(CN2CCC(c3nc(C)no3)C2)n1. The monoisotopic (exact) mass is 274 g/mol. The molecule has 0 saturated carbocycles. The summed E-state index contributed by atoms with van der Waals surface area (Å²) in [5.41, 5.74) is 1.65. The van der Waals surface area contributed by atoms with Crippen LogP contribution in [0.2, 0.25) is 0 Å². The predicted octanol–water partition coefficient (Wildman–Crippen LogP) is 1.78. The third-order valence-electron chi connectivity index (χ3n) is 3.63. The zero-order valence-corrected chi connectivity index (χ0v) is 11.7. The molecule has 1 N–H and O–H groups in total. The third-order valence-corrected chi connectivity index (χ3v) is 3.63. The van der Waals surface area contributed by atoms with Gasteiger partial charge in [-0.3, -0.25) is 9.88 Å². The molecule has 1 saturated heterocycles. The third kappa shape index (κ3) is 2.65. The number of rotatable bonds is 3. The first-order chi connectivity index (χ1) is 9.61. The molecule has 106 valence electrons. The van der Waals surface area contributed by atoms with E-state index in [1.807, 2.05) is 19.9 Å². The van der Waals surface area contributed by atoms with Gasteiger partial charge in [0.1, 0.15) is 5.75 Å². The highest BCUT2D eigenvalue weighted by Crippen LogP contribution is 2.28.